The van der Waals surface area contributed by atoms with Crippen LogP contribution in [0.1, 0.15) is 19.4 Å². The number of benzene rings is 1. The van der Waals surface area contributed by atoms with Gasteiger partial charge in [-0.1, -0.05) is 67.4 Å². The van der Waals surface area contributed by atoms with E-state index in [4.69, 9.17) is 27.9 Å². The number of halogens is 2. The van der Waals surface area contributed by atoms with Crippen LogP contribution in [0.4, 0.5) is 0 Å². The van der Waals surface area contributed by atoms with Crippen LogP contribution in [0.5, 0.6) is 0 Å². The molecule has 0 saturated carbocycles. The second kappa shape index (κ2) is 7.16. The number of nitrogens with zero attached hydrogens (tertiary/aromatic N) is 1. The highest BCUT2D eigenvalue weighted by Crippen LogP contribution is 2.29. The van der Waals surface area contributed by atoms with Crippen molar-refractivity contribution >= 4 is 35.1 Å². The number of rotatable bonds is 5. The van der Waals surface area contributed by atoms with E-state index in [2.05, 4.69) is 0 Å². The summed E-state index contributed by atoms with van der Waals surface area (Å²) in [6.45, 7) is 4.01. The van der Waals surface area contributed by atoms with Gasteiger partial charge in [-0.25, -0.2) is 4.79 Å². The van der Waals surface area contributed by atoms with Crippen molar-refractivity contribution in [2.24, 2.45) is 5.92 Å². The van der Waals surface area contributed by atoms with Crippen molar-refractivity contribution in [3.63, 3.8) is 0 Å². The minimum Gasteiger partial charge on any atom is -0.459 e. The van der Waals surface area contributed by atoms with Gasteiger partial charge in [-0.3, -0.25) is 4.79 Å². The lowest BCUT2D eigenvalue weighted by Crippen LogP contribution is -2.47. The molecule has 1 aromatic rings. The molecule has 0 spiro atoms. The first kappa shape index (κ1) is 16.8. The molecule has 0 N–H and O–H groups in total. The Kier molecular flexibility index (Phi) is 5.48. The lowest BCUT2D eigenvalue weighted by Gasteiger charge is -2.29. The van der Waals surface area contributed by atoms with Gasteiger partial charge in [0.15, 0.2) is 0 Å². The SMILES string of the molecule is CC(C)[C@H](C(=O)OCc1ccccc1)N1CC(Cl)=C(Cl)C1=O. The fourth-order valence-corrected chi connectivity index (χ4v) is 2.71. The van der Waals surface area contributed by atoms with E-state index in [1.165, 1.54) is 4.90 Å². The minimum atomic E-state index is -0.707. The van der Waals surface area contributed by atoms with Gasteiger partial charge in [-0.05, 0) is 11.5 Å². The molecule has 0 aliphatic carbocycles. The molecule has 0 aromatic heterocycles. The molecule has 6 heteroatoms. The third kappa shape index (κ3) is 3.62. The molecule has 4 nitrogen and oxygen atoms in total. The van der Waals surface area contributed by atoms with Gasteiger partial charge in [-0.15, -0.1) is 0 Å². The molecule has 0 bridgehead atoms. The molecule has 1 amide bonds. The number of esters is 1. The number of carbonyl (C=O) groups is 2. The topological polar surface area (TPSA) is 46.6 Å². The van der Waals surface area contributed by atoms with E-state index >= 15 is 0 Å². The monoisotopic (exact) mass is 341 g/mol. The van der Waals surface area contributed by atoms with E-state index in [1.54, 1.807) is 0 Å². The van der Waals surface area contributed by atoms with Crippen molar-refractivity contribution in [2.45, 2.75) is 26.5 Å². The van der Waals surface area contributed by atoms with Crippen LogP contribution in [-0.2, 0) is 20.9 Å². The van der Waals surface area contributed by atoms with Crippen molar-refractivity contribution in [1.82, 2.24) is 4.90 Å². The van der Waals surface area contributed by atoms with E-state index in [1.807, 2.05) is 44.2 Å². The number of amides is 1. The summed E-state index contributed by atoms with van der Waals surface area (Å²) in [6.07, 6.45) is 0. The Bertz CT molecular complexity index is 599. The first-order chi connectivity index (χ1) is 10.4. The van der Waals surface area contributed by atoms with Crippen LogP contribution in [0, 0.1) is 5.92 Å². The average molecular weight is 342 g/mol. The van der Waals surface area contributed by atoms with Crippen LogP contribution in [-0.4, -0.2) is 29.4 Å². The molecule has 2 rings (SSSR count). The van der Waals surface area contributed by atoms with Crippen LogP contribution in [0.3, 0.4) is 0 Å². The molecule has 118 valence electrons. The lowest BCUT2D eigenvalue weighted by molar-refractivity contribution is -0.156. The quantitative estimate of drug-likeness (QED) is 0.772. The van der Waals surface area contributed by atoms with Crippen molar-refractivity contribution in [3.8, 4) is 0 Å². The predicted molar refractivity (Wildman–Crippen MR) is 85.3 cm³/mol. The molecule has 1 atom stereocenters. The molecular weight excluding hydrogens is 325 g/mol. The van der Waals surface area contributed by atoms with E-state index in [9.17, 15) is 9.59 Å². The summed E-state index contributed by atoms with van der Waals surface area (Å²) in [6, 6.07) is 8.66. The van der Waals surface area contributed by atoms with Crippen LogP contribution in [0.15, 0.2) is 40.4 Å². The van der Waals surface area contributed by atoms with Gasteiger partial charge in [0.05, 0.1) is 11.6 Å². The van der Waals surface area contributed by atoms with Gasteiger partial charge in [-0.2, -0.15) is 0 Å². The molecule has 0 radical (unpaired) electrons. The molecule has 1 aromatic carbocycles. The van der Waals surface area contributed by atoms with Crippen molar-refractivity contribution in [1.29, 1.82) is 0 Å². The predicted octanol–water partition coefficient (Wildman–Crippen LogP) is 3.29. The van der Waals surface area contributed by atoms with E-state index in [0.717, 1.165) is 5.56 Å². The third-order valence-electron chi connectivity index (χ3n) is 3.43. The number of hydrogen-bond acceptors (Lipinski definition) is 3. The Morgan fingerprint density at radius 3 is 2.41 bits per heavy atom. The molecule has 0 unspecified atom stereocenters. The van der Waals surface area contributed by atoms with Crippen molar-refractivity contribution in [2.75, 3.05) is 6.54 Å². The Balaban J connectivity index is 2.06. The van der Waals surface area contributed by atoms with Crippen LogP contribution >= 0.6 is 23.2 Å². The number of ether oxygens (including phenoxy) is 1. The van der Waals surface area contributed by atoms with Crippen molar-refractivity contribution in [3.05, 3.63) is 46.0 Å². The molecular formula is C16H17Cl2NO3. The van der Waals surface area contributed by atoms with Gasteiger partial charge in [0.25, 0.3) is 5.91 Å². The molecule has 1 aliphatic rings. The maximum absolute atomic E-state index is 12.4. The van der Waals surface area contributed by atoms with Gasteiger partial charge >= 0.3 is 5.97 Å². The van der Waals surface area contributed by atoms with Crippen molar-refractivity contribution < 1.29 is 14.3 Å². The summed E-state index contributed by atoms with van der Waals surface area (Å²) in [5, 5.41) is 0.233. The molecule has 0 fully saturated rings. The Morgan fingerprint density at radius 2 is 1.91 bits per heavy atom. The third-order valence-corrected chi connectivity index (χ3v) is 4.22. The maximum Gasteiger partial charge on any atom is 0.329 e. The van der Waals surface area contributed by atoms with E-state index in [0.29, 0.717) is 0 Å². The average Bonchev–Trinajstić information content (AvgIpc) is 2.74. The number of hydrogen-bond donors (Lipinski definition) is 0. The van der Waals surface area contributed by atoms with E-state index < -0.39 is 17.9 Å². The molecule has 1 aliphatic heterocycles. The Morgan fingerprint density at radius 1 is 1.27 bits per heavy atom. The fraction of sp³-hybridized carbons (Fsp3) is 0.375. The number of carbonyl (C=O) groups excluding carboxylic acids is 2. The summed E-state index contributed by atoms with van der Waals surface area (Å²) in [5.74, 6) is -0.996. The first-order valence-electron chi connectivity index (χ1n) is 6.97. The second-order valence-electron chi connectivity index (χ2n) is 5.43. The van der Waals surface area contributed by atoms with Gasteiger partial charge < -0.3 is 9.64 Å². The van der Waals surface area contributed by atoms with Gasteiger partial charge in [0.1, 0.15) is 17.7 Å². The minimum absolute atomic E-state index is 0.0248. The van der Waals surface area contributed by atoms with E-state index in [-0.39, 0.29) is 29.1 Å². The van der Waals surface area contributed by atoms with Crippen LogP contribution in [0.2, 0.25) is 0 Å². The molecule has 0 saturated heterocycles. The zero-order chi connectivity index (χ0) is 16.3. The fourth-order valence-electron chi connectivity index (χ4n) is 2.33. The highest BCUT2D eigenvalue weighted by Gasteiger charge is 2.39. The van der Waals surface area contributed by atoms with Gasteiger partial charge in [0.2, 0.25) is 0 Å². The zero-order valence-corrected chi connectivity index (χ0v) is 13.9. The largest absolute Gasteiger partial charge is 0.459 e. The standard InChI is InChI=1S/C16H17Cl2NO3/c1-10(2)14(19-8-12(17)13(18)15(19)20)16(21)22-9-11-6-4-3-5-7-11/h3-7,10,14H,8-9H2,1-2H3/t14-/m1/s1. The normalized spacial score (nSPS) is 16.4. The summed E-state index contributed by atoms with van der Waals surface area (Å²) in [4.78, 5) is 25.8. The summed E-state index contributed by atoms with van der Waals surface area (Å²) in [5.41, 5.74) is 0.889. The van der Waals surface area contributed by atoms with Crippen LogP contribution in [0.25, 0.3) is 0 Å². The smallest absolute Gasteiger partial charge is 0.329 e. The highest BCUT2D eigenvalue weighted by atomic mass is 35.5. The Hall–Kier alpha value is -1.52. The van der Waals surface area contributed by atoms with Crippen LogP contribution < -0.4 is 0 Å². The zero-order valence-electron chi connectivity index (χ0n) is 12.4. The summed E-state index contributed by atoms with van der Waals surface area (Å²) < 4.78 is 5.35. The molecule has 22 heavy (non-hydrogen) atoms. The second-order valence-corrected chi connectivity index (χ2v) is 6.27. The lowest BCUT2D eigenvalue weighted by atomic mass is 10.0. The maximum atomic E-state index is 12.4. The van der Waals surface area contributed by atoms with Gasteiger partial charge in [0, 0.05) is 0 Å². The first-order valence-corrected chi connectivity index (χ1v) is 7.73. The highest BCUT2D eigenvalue weighted by molar-refractivity contribution is 6.49. The Labute approximate surface area is 139 Å². The summed E-state index contributed by atoms with van der Waals surface area (Å²) >= 11 is 11.8. The summed E-state index contributed by atoms with van der Waals surface area (Å²) in [7, 11) is 0. The molecule has 1 heterocycles.